The lowest BCUT2D eigenvalue weighted by Gasteiger charge is -2.37. The van der Waals surface area contributed by atoms with E-state index in [1.807, 2.05) is 24.3 Å². The van der Waals surface area contributed by atoms with Crippen LogP contribution in [0.1, 0.15) is 30.2 Å². The Hall–Kier alpha value is -3.03. The first-order valence-electron chi connectivity index (χ1n) is 13.0. The monoisotopic (exact) mass is 492 g/mol. The summed E-state index contributed by atoms with van der Waals surface area (Å²) in [4.78, 5) is 7.54. The van der Waals surface area contributed by atoms with Crippen molar-refractivity contribution < 1.29 is 14.0 Å². The molecule has 0 unspecified atom stereocenters. The molecule has 0 spiro atoms. The van der Waals surface area contributed by atoms with Gasteiger partial charge in [-0.3, -0.25) is 9.80 Å². The molecule has 2 heterocycles. The SMILES string of the molecule is CCN(CCCN1CCN(c2ccc(C)cc2C)CC1)Cc1cc(-c2cccc(OC)c2OC)no1. The van der Waals surface area contributed by atoms with Crippen molar-refractivity contribution in [3.63, 3.8) is 0 Å². The first-order valence-corrected chi connectivity index (χ1v) is 13.0. The highest BCUT2D eigenvalue weighted by atomic mass is 16.5. The third-order valence-electron chi connectivity index (χ3n) is 7.08. The Morgan fingerprint density at radius 2 is 1.81 bits per heavy atom. The lowest BCUT2D eigenvalue weighted by Crippen LogP contribution is -2.47. The van der Waals surface area contributed by atoms with Crippen LogP contribution in [0.4, 0.5) is 5.69 Å². The number of aryl methyl sites for hydroxylation is 2. The molecule has 1 saturated heterocycles. The molecule has 0 bridgehead atoms. The smallest absolute Gasteiger partial charge is 0.170 e. The van der Waals surface area contributed by atoms with Gasteiger partial charge in [0.05, 0.1) is 20.8 Å². The molecule has 194 valence electrons. The Morgan fingerprint density at radius 1 is 1.00 bits per heavy atom. The number of ether oxygens (including phenoxy) is 2. The molecule has 2 aromatic carbocycles. The van der Waals surface area contributed by atoms with Crippen LogP contribution < -0.4 is 14.4 Å². The molecule has 36 heavy (non-hydrogen) atoms. The molecule has 1 aromatic heterocycles. The molecule has 0 amide bonds. The molecule has 1 aliphatic rings. The first-order chi connectivity index (χ1) is 17.5. The number of methoxy groups -OCH3 is 2. The molecule has 1 fully saturated rings. The Morgan fingerprint density at radius 3 is 2.50 bits per heavy atom. The van der Waals surface area contributed by atoms with E-state index in [4.69, 9.17) is 14.0 Å². The van der Waals surface area contributed by atoms with Crippen LogP contribution in [0.5, 0.6) is 11.5 Å². The number of para-hydroxylation sites is 1. The van der Waals surface area contributed by atoms with E-state index in [2.05, 4.69) is 58.8 Å². The highest BCUT2D eigenvalue weighted by Gasteiger charge is 2.19. The number of piperazine rings is 1. The van der Waals surface area contributed by atoms with Crippen molar-refractivity contribution in [3.8, 4) is 22.8 Å². The molecule has 4 rings (SSSR count). The van der Waals surface area contributed by atoms with Crippen LogP contribution in [-0.2, 0) is 6.54 Å². The lowest BCUT2D eigenvalue weighted by molar-refractivity contribution is 0.206. The maximum absolute atomic E-state index is 5.69. The van der Waals surface area contributed by atoms with Crippen LogP contribution >= 0.6 is 0 Å². The summed E-state index contributed by atoms with van der Waals surface area (Å²) in [5, 5.41) is 4.30. The average Bonchev–Trinajstić information content (AvgIpc) is 3.36. The van der Waals surface area contributed by atoms with Gasteiger partial charge in [0.2, 0.25) is 0 Å². The third-order valence-corrected chi connectivity index (χ3v) is 7.08. The fraction of sp³-hybridized carbons (Fsp3) is 0.483. The van der Waals surface area contributed by atoms with Crippen molar-refractivity contribution in [2.24, 2.45) is 0 Å². The molecule has 0 radical (unpaired) electrons. The molecule has 7 nitrogen and oxygen atoms in total. The zero-order chi connectivity index (χ0) is 25.5. The molecule has 0 N–H and O–H groups in total. The lowest BCUT2D eigenvalue weighted by atomic mass is 10.1. The number of rotatable bonds is 11. The predicted molar refractivity (Wildman–Crippen MR) is 145 cm³/mol. The zero-order valence-corrected chi connectivity index (χ0v) is 22.4. The van der Waals surface area contributed by atoms with E-state index < -0.39 is 0 Å². The molecule has 7 heteroatoms. The van der Waals surface area contributed by atoms with Gasteiger partial charge in [0.25, 0.3) is 0 Å². The van der Waals surface area contributed by atoms with E-state index in [0.29, 0.717) is 11.5 Å². The van der Waals surface area contributed by atoms with Gasteiger partial charge in [0, 0.05) is 43.5 Å². The normalized spacial score (nSPS) is 14.4. The van der Waals surface area contributed by atoms with E-state index in [9.17, 15) is 0 Å². The summed E-state index contributed by atoms with van der Waals surface area (Å²) in [6, 6.07) is 14.6. The van der Waals surface area contributed by atoms with Crippen molar-refractivity contribution in [2.45, 2.75) is 33.7 Å². The third kappa shape index (κ3) is 6.20. The van der Waals surface area contributed by atoms with E-state index in [-0.39, 0.29) is 0 Å². The summed E-state index contributed by atoms with van der Waals surface area (Å²) in [7, 11) is 3.28. The van der Waals surface area contributed by atoms with Crippen molar-refractivity contribution in [1.29, 1.82) is 0 Å². The van der Waals surface area contributed by atoms with Gasteiger partial charge in [-0.05, 0) is 63.7 Å². The average molecular weight is 493 g/mol. The molecule has 3 aromatic rings. The Labute approximate surface area is 215 Å². The van der Waals surface area contributed by atoms with Gasteiger partial charge in [-0.2, -0.15) is 0 Å². The maximum atomic E-state index is 5.69. The second kappa shape index (κ2) is 12.3. The number of hydrogen-bond donors (Lipinski definition) is 0. The molecular weight excluding hydrogens is 452 g/mol. The van der Waals surface area contributed by atoms with Gasteiger partial charge >= 0.3 is 0 Å². The fourth-order valence-electron chi connectivity index (χ4n) is 5.06. The Bertz CT molecular complexity index is 1120. The molecule has 1 aliphatic heterocycles. The van der Waals surface area contributed by atoms with Crippen LogP contribution in [-0.4, -0.2) is 75.0 Å². The van der Waals surface area contributed by atoms with Crippen molar-refractivity contribution in [1.82, 2.24) is 15.0 Å². The minimum Gasteiger partial charge on any atom is -0.493 e. The van der Waals surface area contributed by atoms with E-state index in [0.717, 1.165) is 75.8 Å². The van der Waals surface area contributed by atoms with Gasteiger partial charge in [0.1, 0.15) is 5.69 Å². The van der Waals surface area contributed by atoms with Gasteiger partial charge in [-0.25, -0.2) is 0 Å². The summed E-state index contributed by atoms with van der Waals surface area (Å²) in [5.74, 6) is 2.22. The van der Waals surface area contributed by atoms with Crippen molar-refractivity contribution in [3.05, 3.63) is 59.4 Å². The van der Waals surface area contributed by atoms with Crippen LogP contribution in [0.3, 0.4) is 0 Å². The minimum absolute atomic E-state index is 0.671. The standard InChI is InChI=1S/C29H40N4O3/c1-6-31(21-24-20-26(30-36-24)25-9-7-10-28(34-4)29(25)35-5)13-8-14-32-15-17-33(18-16-32)27-12-11-22(2)19-23(27)3/h7,9-12,19-20H,6,8,13-18,21H2,1-5H3. The summed E-state index contributed by atoms with van der Waals surface area (Å²) in [6.07, 6.45) is 1.14. The van der Waals surface area contributed by atoms with Crippen LogP contribution in [0.15, 0.2) is 47.0 Å². The molecule has 0 aliphatic carbocycles. The molecular formula is C29H40N4O3. The van der Waals surface area contributed by atoms with Gasteiger partial charge < -0.3 is 18.9 Å². The summed E-state index contributed by atoms with van der Waals surface area (Å²) < 4.78 is 16.7. The Balaban J connectivity index is 1.25. The summed E-state index contributed by atoms with van der Waals surface area (Å²) >= 11 is 0. The van der Waals surface area contributed by atoms with E-state index in [1.54, 1.807) is 14.2 Å². The largest absolute Gasteiger partial charge is 0.493 e. The predicted octanol–water partition coefficient (Wildman–Crippen LogP) is 5.01. The number of anilines is 1. The zero-order valence-electron chi connectivity index (χ0n) is 22.4. The van der Waals surface area contributed by atoms with Crippen LogP contribution in [0.25, 0.3) is 11.3 Å². The number of aromatic nitrogens is 1. The Kier molecular flexibility index (Phi) is 8.88. The van der Waals surface area contributed by atoms with Gasteiger partial charge in [0.15, 0.2) is 17.3 Å². The second-order valence-corrected chi connectivity index (χ2v) is 9.56. The highest BCUT2D eigenvalue weighted by molar-refractivity contribution is 5.71. The molecule has 0 atom stereocenters. The second-order valence-electron chi connectivity index (χ2n) is 9.56. The summed E-state index contributed by atoms with van der Waals surface area (Å²) in [6.45, 7) is 14.9. The van der Waals surface area contributed by atoms with Gasteiger partial charge in [-0.15, -0.1) is 0 Å². The number of hydrogen-bond acceptors (Lipinski definition) is 7. The van der Waals surface area contributed by atoms with Crippen molar-refractivity contribution >= 4 is 5.69 Å². The molecule has 0 saturated carbocycles. The van der Waals surface area contributed by atoms with Crippen LogP contribution in [0.2, 0.25) is 0 Å². The quantitative estimate of drug-likeness (QED) is 0.373. The fourth-order valence-corrected chi connectivity index (χ4v) is 5.06. The summed E-state index contributed by atoms with van der Waals surface area (Å²) in [5.41, 5.74) is 5.73. The highest BCUT2D eigenvalue weighted by Crippen LogP contribution is 2.37. The van der Waals surface area contributed by atoms with Gasteiger partial charge in [-0.1, -0.05) is 35.8 Å². The topological polar surface area (TPSA) is 54.2 Å². The van der Waals surface area contributed by atoms with Crippen molar-refractivity contribution in [2.75, 3.05) is 64.9 Å². The first kappa shape index (κ1) is 26.0. The van der Waals surface area contributed by atoms with Crippen LogP contribution in [0, 0.1) is 13.8 Å². The van der Waals surface area contributed by atoms with E-state index >= 15 is 0 Å². The van der Waals surface area contributed by atoms with E-state index in [1.165, 1.54) is 16.8 Å². The number of nitrogens with zero attached hydrogens (tertiary/aromatic N) is 4. The maximum Gasteiger partial charge on any atom is 0.170 e. The minimum atomic E-state index is 0.671. The number of benzene rings is 2.